The molecule has 0 unspecified atom stereocenters. The van der Waals surface area contributed by atoms with Crippen LogP contribution >= 0.6 is 11.6 Å². The number of aromatic nitrogens is 4. The lowest BCUT2D eigenvalue weighted by atomic mass is 9.97. The van der Waals surface area contributed by atoms with Crippen LogP contribution in [-0.2, 0) is 7.05 Å². The van der Waals surface area contributed by atoms with E-state index in [-0.39, 0.29) is 5.15 Å². The molecule has 0 amide bonds. The van der Waals surface area contributed by atoms with E-state index in [0.717, 1.165) is 0 Å². The minimum absolute atomic E-state index is 0.0314. The van der Waals surface area contributed by atoms with Gasteiger partial charge in [-0.2, -0.15) is 5.26 Å². The number of nitrogens with zero attached hydrogens (tertiary/aromatic N) is 5. The summed E-state index contributed by atoms with van der Waals surface area (Å²) in [5.74, 6) is 0.508. The standard InChI is InChI=1S/C16H10ClF2N5/c1-24-8-21-23-16(24)12-4-9(7-20)2-3-11(12)10-5-13(15(18)19)22-14(17)6-10/h2-6,8,15H,1H3. The van der Waals surface area contributed by atoms with E-state index in [2.05, 4.69) is 21.3 Å². The van der Waals surface area contributed by atoms with E-state index >= 15 is 0 Å². The highest BCUT2D eigenvalue weighted by Gasteiger charge is 2.17. The lowest BCUT2D eigenvalue weighted by Gasteiger charge is -2.11. The molecule has 0 spiro atoms. The van der Waals surface area contributed by atoms with Crippen molar-refractivity contribution in [1.29, 1.82) is 5.26 Å². The first-order valence-corrected chi connectivity index (χ1v) is 7.22. The summed E-state index contributed by atoms with van der Waals surface area (Å²) in [5, 5.41) is 17.0. The maximum Gasteiger partial charge on any atom is 0.280 e. The van der Waals surface area contributed by atoms with E-state index in [1.165, 1.54) is 18.5 Å². The van der Waals surface area contributed by atoms with Crippen LogP contribution in [-0.4, -0.2) is 19.7 Å². The molecule has 0 fully saturated rings. The number of aryl methyl sites for hydroxylation is 1. The summed E-state index contributed by atoms with van der Waals surface area (Å²) in [6.07, 6.45) is -1.22. The van der Waals surface area contributed by atoms with E-state index in [1.807, 2.05) is 0 Å². The predicted molar refractivity (Wildman–Crippen MR) is 84.4 cm³/mol. The molecule has 3 aromatic rings. The summed E-state index contributed by atoms with van der Waals surface area (Å²) in [5.41, 5.74) is 1.68. The average molecular weight is 346 g/mol. The normalized spacial score (nSPS) is 10.8. The molecule has 0 bridgehead atoms. The Bertz CT molecular complexity index is 946. The van der Waals surface area contributed by atoms with Gasteiger partial charge in [0.15, 0.2) is 5.82 Å². The second-order valence-corrected chi connectivity index (χ2v) is 5.43. The van der Waals surface area contributed by atoms with Gasteiger partial charge in [-0.1, -0.05) is 17.7 Å². The molecule has 0 saturated heterocycles. The molecule has 0 aliphatic heterocycles. The van der Waals surface area contributed by atoms with Crippen LogP contribution < -0.4 is 0 Å². The molecule has 0 N–H and O–H groups in total. The van der Waals surface area contributed by atoms with Crippen LogP contribution in [0.3, 0.4) is 0 Å². The summed E-state index contributed by atoms with van der Waals surface area (Å²) in [7, 11) is 1.75. The van der Waals surface area contributed by atoms with Gasteiger partial charge in [0.1, 0.15) is 17.2 Å². The van der Waals surface area contributed by atoms with Crippen molar-refractivity contribution in [3.05, 3.63) is 53.1 Å². The van der Waals surface area contributed by atoms with Gasteiger partial charge >= 0.3 is 0 Å². The average Bonchev–Trinajstić information content (AvgIpc) is 2.99. The fourth-order valence-corrected chi connectivity index (χ4v) is 2.58. The molecule has 3 rings (SSSR count). The van der Waals surface area contributed by atoms with Crippen LogP contribution in [0.15, 0.2) is 36.7 Å². The molecule has 2 aromatic heterocycles. The van der Waals surface area contributed by atoms with E-state index in [9.17, 15) is 8.78 Å². The summed E-state index contributed by atoms with van der Waals surface area (Å²) < 4.78 is 27.7. The Kier molecular flexibility index (Phi) is 4.23. The predicted octanol–water partition coefficient (Wildman–Crippen LogP) is 4.01. The first-order chi connectivity index (χ1) is 11.5. The number of benzene rings is 1. The molecule has 120 valence electrons. The molecule has 0 atom stereocenters. The Balaban J connectivity index is 2.26. The van der Waals surface area contributed by atoms with Gasteiger partial charge in [0.25, 0.3) is 6.43 Å². The Morgan fingerprint density at radius 2 is 2.00 bits per heavy atom. The third-order valence-corrected chi connectivity index (χ3v) is 3.64. The first kappa shape index (κ1) is 16.0. The van der Waals surface area contributed by atoms with Crippen LogP contribution in [0.5, 0.6) is 0 Å². The van der Waals surface area contributed by atoms with Crippen LogP contribution in [0.1, 0.15) is 17.7 Å². The van der Waals surface area contributed by atoms with Gasteiger partial charge < -0.3 is 4.57 Å². The number of hydrogen-bond acceptors (Lipinski definition) is 4. The molecule has 0 aliphatic carbocycles. The molecular formula is C16H10ClF2N5. The Hall–Kier alpha value is -2.85. The van der Waals surface area contributed by atoms with Gasteiger partial charge in [0.2, 0.25) is 0 Å². The zero-order valence-electron chi connectivity index (χ0n) is 12.4. The number of rotatable bonds is 3. The van der Waals surface area contributed by atoms with E-state index in [0.29, 0.717) is 28.1 Å². The third-order valence-electron chi connectivity index (χ3n) is 3.45. The Labute approximate surface area is 141 Å². The molecule has 8 heteroatoms. The van der Waals surface area contributed by atoms with Crippen molar-refractivity contribution < 1.29 is 8.78 Å². The molecule has 0 radical (unpaired) electrons. The quantitative estimate of drug-likeness (QED) is 0.673. The second-order valence-electron chi connectivity index (χ2n) is 5.04. The molecule has 0 saturated carbocycles. The SMILES string of the molecule is Cn1cnnc1-c1cc(C#N)ccc1-c1cc(Cl)nc(C(F)F)c1. The van der Waals surface area contributed by atoms with Crippen LogP contribution in [0.25, 0.3) is 22.5 Å². The van der Waals surface area contributed by atoms with Crippen molar-refractivity contribution in [2.24, 2.45) is 7.05 Å². The van der Waals surface area contributed by atoms with Gasteiger partial charge in [0, 0.05) is 12.6 Å². The van der Waals surface area contributed by atoms with Crippen molar-refractivity contribution in [2.45, 2.75) is 6.43 Å². The Morgan fingerprint density at radius 1 is 1.21 bits per heavy atom. The Morgan fingerprint density at radius 3 is 2.62 bits per heavy atom. The minimum Gasteiger partial charge on any atom is -0.317 e. The lowest BCUT2D eigenvalue weighted by Crippen LogP contribution is -1.97. The smallest absolute Gasteiger partial charge is 0.280 e. The van der Waals surface area contributed by atoms with Crippen molar-refractivity contribution >= 4 is 11.6 Å². The zero-order valence-corrected chi connectivity index (χ0v) is 13.2. The lowest BCUT2D eigenvalue weighted by molar-refractivity contribution is 0.146. The topological polar surface area (TPSA) is 67.4 Å². The zero-order chi connectivity index (χ0) is 17.3. The molecular weight excluding hydrogens is 336 g/mol. The maximum absolute atomic E-state index is 13.0. The highest BCUT2D eigenvalue weighted by Crippen LogP contribution is 2.34. The monoisotopic (exact) mass is 345 g/mol. The molecule has 24 heavy (non-hydrogen) atoms. The van der Waals surface area contributed by atoms with Gasteiger partial charge in [0.05, 0.1) is 11.6 Å². The van der Waals surface area contributed by atoms with E-state index in [4.69, 9.17) is 16.9 Å². The molecule has 5 nitrogen and oxygen atoms in total. The van der Waals surface area contributed by atoms with Crippen molar-refractivity contribution in [3.63, 3.8) is 0 Å². The fourth-order valence-electron chi connectivity index (χ4n) is 2.36. The number of hydrogen-bond donors (Lipinski definition) is 0. The van der Waals surface area contributed by atoms with Crippen molar-refractivity contribution in [3.8, 4) is 28.6 Å². The van der Waals surface area contributed by atoms with Crippen molar-refractivity contribution in [1.82, 2.24) is 19.7 Å². The number of halogens is 3. The highest BCUT2D eigenvalue weighted by molar-refractivity contribution is 6.29. The highest BCUT2D eigenvalue weighted by atomic mass is 35.5. The maximum atomic E-state index is 13.0. The summed E-state index contributed by atoms with van der Waals surface area (Å²) in [4.78, 5) is 3.63. The van der Waals surface area contributed by atoms with Crippen molar-refractivity contribution in [2.75, 3.05) is 0 Å². The number of nitriles is 1. The van der Waals surface area contributed by atoms with Gasteiger partial charge in [-0.3, -0.25) is 0 Å². The van der Waals surface area contributed by atoms with Crippen LogP contribution in [0, 0.1) is 11.3 Å². The second kappa shape index (κ2) is 6.34. The molecule has 0 aliphatic rings. The third kappa shape index (κ3) is 2.96. The molecule has 2 heterocycles. The van der Waals surface area contributed by atoms with Gasteiger partial charge in [-0.25, -0.2) is 13.8 Å². The molecule has 1 aromatic carbocycles. The summed E-state index contributed by atoms with van der Waals surface area (Å²) in [6, 6.07) is 9.73. The first-order valence-electron chi connectivity index (χ1n) is 6.84. The summed E-state index contributed by atoms with van der Waals surface area (Å²) in [6.45, 7) is 0. The summed E-state index contributed by atoms with van der Waals surface area (Å²) >= 11 is 5.88. The van der Waals surface area contributed by atoms with Gasteiger partial charge in [-0.05, 0) is 35.4 Å². The van der Waals surface area contributed by atoms with E-state index in [1.54, 1.807) is 29.8 Å². The number of alkyl halides is 2. The van der Waals surface area contributed by atoms with E-state index < -0.39 is 12.1 Å². The minimum atomic E-state index is -2.74. The van der Waals surface area contributed by atoms with Gasteiger partial charge in [-0.15, -0.1) is 10.2 Å². The largest absolute Gasteiger partial charge is 0.317 e. The fraction of sp³-hybridized carbons (Fsp3) is 0.125. The number of pyridine rings is 1. The van der Waals surface area contributed by atoms with Crippen LogP contribution in [0.2, 0.25) is 5.15 Å². The van der Waals surface area contributed by atoms with Crippen LogP contribution in [0.4, 0.5) is 8.78 Å².